The van der Waals surface area contributed by atoms with Gasteiger partial charge in [-0.15, -0.1) is 11.6 Å². The smallest absolute Gasteiger partial charge is 0.152 e. The first-order valence-electron chi connectivity index (χ1n) is 6.46. The summed E-state index contributed by atoms with van der Waals surface area (Å²) in [7, 11) is 1.71. The standard InChI is InChI=1S/C14H20ClN3O/c1-11(2)17(8-9-19-3)14-12(10-15)18-7-5-4-6-13(18)16-14/h4-7,11H,8-10H2,1-3H3. The van der Waals surface area contributed by atoms with Gasteiger partial charge in [0.25, 0.3) is 0 Å². The SMILES string of the molecule is COCCN(c1nc2ccccn2c1CCl)C(C)C. The number of hydrogen-bond acceptors (Lipinski definition) is 3. The molecule has 2 heterocycles. The van der Waals surface area contributed by atoms with E-state index in [0.29, 0.717) is 18.5 Å². The normalized spacial score (nSPS) is 11.4. The van der Waals surface area contributed by atoms with Crippen molar-refractivity contribution in [3.05, 3.63) is 30.1 Å². The number of ether oxygens (including phenoxy) is 1. The quantitative estimate of drug-likeness (QED) is 0.763. The molecule has 0 radical (unpaired) electrons. The van der Waals surface area contributed by atoms with Gasteiger partial charge in [0.1, 0.15) is 5.65 Å². The summed E-state index contributed by atoms with van der Waals surface area (Å²) in [5.41, 5.74) is 1.96. The molecule has 0 aliphatic rings. The van der Waals surface area contributed by atoms with Crippen LogP contribution >= 0.6 is 11.6 Å². The van der Waals surface area contributed by atoms with E-state index in [2.05, 4.69) is 18.7 Å². The molecule has 4 nitrogen and oxygen atoms in total. The van der Waals surface area contributed by atoms with E-state index < -0.39 is 0 Å². The van der Waals surface area contributed by atoms with Gasteiger partial charge in [-0.25, -0.2) is 4.98 Å². The molecule has 0 aliphatic heterocycles. The summed E-state index contributed by atoms with van der Waals surface area (Å²) in [6, 6.07) is 6.32. The van der Waals surface area contributed by atoms with E-state index in [9.17, 15) is 0 Å². The number of methoxy groups -OCH3 is 1. The summed E-state index contributed by atoms with van der Waals surface area (Å²) in [4.78, 5) is 6.94. The van der Waals surface area contributed by atoms with Gasteiger partial charge in [0, 0.05) is 25.9 Å². The summed E-state index contributed by atoms with van der Waals surface area (Å²) >= 11 is 6.12. The zero-order valence-corrected chi connectivity index (χ0v) is 12.4. The molecule has 19 heavy (non-hydrogen) atoms. The molecule has 0 bridgehead atoms. The molecule has 0 spiro atoms. The number of halogens is 1. The Kier molecular flexibility index (Phi) is 4.66. The topological polar surface area (TPSA) is 29.8 Å². The number of aromatic nitrogens is 2. The lowest BCUT2D eigenvalue weighted by Gasteiger charge is -2.27. The molecule has 2 aromatic rings. The molecule has 0 amide bonds. The first-order valence-corrected chi connectivity index (χ1v) is 7.00. The highest BCUT2D eigenvalue weighted by Crippen LogP contribution is 2.24. The van der Waals surface area contributed by atoms with Gasteiger partial charge >= 0.3 is 0 Å². The molecular formula is C14H20ClN3O. The highest BCUT2D eigenvalue weighted by Gasteiger charge is 2.19. The van der Waals surface area contributed by atoms with Crippen molar-refractivity contribution >= 4 is 23.1 Å². The molecule has 0 saturated heterocycles. The zero-order chi connectivity index (χ0) is 13.8. The van der Waals surface area contributed by atoms with Crippen LogP contribution in [0.2, 0.25) is 0 Å². The van der Waals surface area contributed by atoms with Crippen LogP contribution in [0.5, 0.6) is 0 Å². The van der Waals surface area contributed by atoms with E-state index in [1.165, 1.54) is 0 Å². The summed E-state index contributed by atoms with van der Waals surface area (Å²) in [6.07, 6.45) is 2.00. The van der Waals surface area contributed by atoms with E-state index in [0.717, 1.165) is 23.7 Å². The van der Waals surface area contributed by atoms with Crippen molar-refractivity contribution in [1.29, 1.82) is 0 Å². The van der Waals surface area contributed by atoms with Crippen molar-refractivity contribution in [2.24, 2.45) is 0 Å². The minimum atomic E-state index is 0.349. The maximum atomic E-state index is 6.12. The second-order valence-corrected chi connectivity index (χ2v) is 4.99. The van der Waals surface area contributed by atoms with Crippen LogP contribution in [0, 0.1) is 0 Å². The van der Waals surface area contributed by atoms with Crippen molar-refractivity contribution < 1.29 is 4.74 Å². The van der Waals surface area contributed by atoms with Gasteiger partial charge in [0.2, 0.25) is 0 Å². The molecule has 0 fully saturated rings. The van der Waals surface area contributed by atoms with E-state index in [4.69, 9.17) is 21.3 Å². The number of hydrogen-bond donors (Lipinski definition) is 0. The molecule has 2 aromatic heterocycles. The number of alkyl halides is 1. The van der Waals surface area contributed by atoms with Crippen molar-refractivity contribution in [3.8, 4) is 0 Å². The fourth-order valence-corrected chi connectivity index (χ4v) is 2.43. The molecule has 0 unspecified atom stereocenters. The molecule has 0 aliphatic carbocycles. The fraction of sp³-hybridized carbons (Fsp3) is 0.500. The Bertz CT molecular complexity index is 538. The van der Waals surface area contributed by atoms with Gasteiger partial charge in [-0.1, -0.05) is 6.07 Å². The van der Waals surface area contributed by atoms with Crippen molar-refractivity contribution in [1.82, 2.24) is 9.38 Å². The van der Waals surface area contributed by atoms with Gasteiger partial charge in [-0.3, -0.25) is 0 Å². The Hall–Kier alpha value is -1.26. The second kappa shape index (κ2) is 6.26. The van der Waals surface area contributed by atoms with Gasteiger partial charge < -0.3 is 14.0 Å². The van der Waals surface area contributed by atoms with Crippen LogP contribution in [0.1, 0.15) is 19.5 Å². The number of anilines is 1. The first-order chi connectivity index (χ1) is 9.19. The van der Waals surface area contributed by atoms with E-state index in [1.807, 2.05) is 28.8 Å². The van der Waals surface area contributed by atoms with Crippen LogP contribution in [0.25, 0.3) is 5.65 Å². The van der Waals surface area contributed by atoms with Gasteiger partial charge in [-0.2, -0.15) is 0 Å². The lowest BCUT2D eigenvalue weighted by Crippen LogP contribution is -2.34. The summed E-state index contributed by atoms with van der Waals surface area (Å²) in [5.74, 6) is 1.39. The van der Waals surface area contributed by atoms with Crippen LogP contribution in [0.15, 0.2) is 24.4 Å². The van der Waals surface area contributed by atoms with E-state index >= 15 is 0 Å². The molecular weight excluding hydrogens is 262 g/mol. The average molecular weight is 282 g/mol. The molecule has 5 heteroatoms. The number of rotatable bonds is 6. The number of fused-ring (bicyclic) bond motifs is 1. The number of imidazole rings is 1. The highest BCUT2D eigenvalue weighted by atomic mass is 35.5. The minimum absolute atomic E-state index is 0.349. The Morgan fingerprint density at radius 1 is 1.42 bits per heavy atom. The molecule has 104 valence electrons. The summed E-state index contributed by atoms with van der Waals surface area (Å²) in [5, 5.41) is 0. The number of nitrogens with zero attached hydrogens (tertiary/aromatic N) is 3. The Labute approximate surface area is 119 Å². The molecule has 2 rings (SSSR count). The fourth-order valence-electron chi connectivity index (χ4n) is 2.19. The third-order valence-electron chi connectivity index (χ3n) is 3.17. The van der Waals surface area contributed by atoms with E-state index in [1.54, 1.807) is 7.11 Å². The second-order valence-electron chi connectivity index (χ2n) is 4.72. The molecule has 0 atom stereocenters. The van der Waals surface area contributed by atoms with Crippen LogP contribution < -0.4 is 4.90 Å². The predicted octanol–water partition coefficient (Wildman–Crippen LogP) is 2.93. The lowest BCUT2D eigenvalue weighted by atomic mass is 10.3. The summed E-state index contributed by atoms with van der Waals surface area (Å²) < 4.78 is 7.23. The van der Waals surface area contributed by atoms with Crippen molar-refractivity contribution in [2.45, 2.75) is 25.8 Å². The lowest BCUT2D eigenvalue weighted by molar-refractivity contribution is 0.203. The Balaban J connectivity index is 2.46. The molecule has 0 aromatic carbocycles. The van der Waals surface area contributed by atoms with Crippen molar-refractivity contribution in [3.63, 3.8) is 0 Å². The minimum Gasteiger partial charge on any atom is -0.383 e. The van der Waals surface area contributed by atoms with Crippen molar-refractivity contribution in [2.75, 3.05) is 25.2 Å². The zero-order valence-electron chi connectivity index (χ0n) is 11.6. The molecule has 0 N–H and O–H groups in total. The first kappa shape index (κ1) is 14.2. The highest BCUT2D eigenvalue weighted by molar-refractivity contribution is 6.17. The molecule has 0 saturated carbocycles. The van der Waals surface area contributed by atoms with Gasteiger partial charge in [0.05, 0.1) is 18.2 Å². The Morgan fingerprint density at radius 3 is 2.84 bits per heavy atom. The predicted molar refractivity (Wildman–Crippen MR) is 79.1 cm³/mol. The van der Waals surface area contributed by atoms with Gasteiger partial charge in [0.15, 0.2) is 5.82 Å². The third-order valence-corrected chi connectivity index (χ3v) is 3.42. The largest absolute Gasteiger partial charge is 0.383 e. The van der Waals surface area contributed by atoms with E-state index in [-0.39, 0.29) is 0 Å². The Morgan fingerprint density at radius 2 is 2.21 bits per heavy atom. The third kappa shape index (κ3) is 2.85. The van der Waals surface area contributed by atoms with Crippen LogP contribution in [0.3, 0.4) is 0 Å². The van der Waals surface area contributed by atoms with Crippen LogP contribution in [0.4, 0.5) is 5.82 Å². The van der Waals surface area contributed by atoms with Gasteiger partial charge in [-0.05, 0) is 26.0 Å². The maximum absolute atomic E-state index is 6.12. The number of pyridine rings is 1. The van der Waals surface area contributed by atoms with Crippen LogP contribution in [-0.4, -0.2) is 35.7 Å². The summed E-state index contributed by atoms with van der Waals surface area (Å²) in [6.45, 7) is 5.78. The average Bonchev–Trinajstić information content (AvgIpc) is 2.77. The van der Waals surface area contributed by atoms with Crippen LogP contribution in [-0.2, 0) is 10.6 Å². The maximum Gasteiger partial charge on any atom is 0.152 e. The monoisotopic (exact) mass is 281 g/mol.